The zero-order valence-electron chi connectivity index (χ0n) is 15.8. The number of phosphoric acid groups is 3. The van der Waals surface area contributed by atoms with Gasteiger partial charge < -0.3 is 40.3 Å². The fourth-order valence-electron chi connectivity index (χ4n) is 2.76. The van der Waals surface area contributed by atoms with E-state index in [1.165, 1.54) is 6.07 Å². The Balaban J connectivity index is 2.21. The van der Waals surface area contributed by atoms with Gasteiger partial charge in [-0.1, -0.05) is 0 Å². The molecule has 2 unspecified atom stereocenters. The Hall–Kier alpha value is -1.03. The first-order valence-corrected chi connectivity index (χ1v) is 12.5. The Morgan fingerprint density at radius 2 is 1.77 bits per heavy atom. The second-order valence-corrected chi connectivity index (χ2v) is 11.2. The zero-order valence-corrected chi connectivity index (χ0v) is 18.5. The smallest absolute Gasteiger partial charge is 0.387 e. The maximum atomic E-state index is 12.0. The quantitative estimate of drug-likeness (QED) is 0.197. The Labute approximate surface area is 173 Å². The molecule has 1 aromatic heterocycles. The van der Waals surface area contributed by atoms with Gasteiger partial charge in [-0.05, 0) is 19.9 Å². The summed E-state index contributed by atoms with van der Waals surface area (Å²) in [5, 5.41) is 21.1. The number of ether oxygens (including phenoxy) is 1. The molecule has 0 aromatic carbocycles. The molecular formula is C11H20N3O14P3. The van der Waals surface area contributed by atoms with Crippen molar-refractivity contribution in [1.29, 1.82) is 0 Å². The van der Waals surface area contributed by atoms with Crippen LogP contribution in [0, 0.1) is 0 Å². The van der Waals surface area contributed by atoms with Gasteiger partial charge in [-0.15, -0.1) is 0 Å². The van der Waals surface area contributed by atoms with E-state index in [1.54, 1.807) is 0 Å². The molecule has 20 heteroatoms. The lowest BCUT2D eigenvalue weighted by atomic mass is 9.89. The van der Waals surface area contributed by atoms with Gasteiger partial charge in [0.15, 0.2) is 6.23 Å². The van der Waals surface area contributed by atoms with E-state index < -0.39 is 59.3 Å². The molecule has 1 saturated heterocycles. The number of hydrogen-bond donors (Lipinski definition) is 7. The first-order chi connectivity index (χ1) is 13.8. The lowest BCUT2D eigenvalue weighted by Crippen LogP contribution is -2.50. The summed E-state index contributed by atoms with van der Waals surface area (Å²) >= 11 is 0. The summed E-state index contributed by atoms with van der Waals surface area (Å²) in [4.78, 5) is 51.2. The fourth-order valence-corrected chi connectivity index (χ4v) is 5.87. The maximum Gasteiger partial charge on any atom is 0.490 e. The molecule has 17 nitrogen and oxygen atoms in total. The van der Waals surface area contributed by atoms with E-state index in [9.17, 15) is 33.6 Å². The highest BCUT2D eigenvalue weighted by molar-refractivity contribution is 7.66. The van der Waals surface area contributed by atoms with Gasteiger partial charge in [0.25, 0.3) is 0 Å². The van der Waals surface area contributed by atoms with Gasteiger partial charge >= 0.3 is 29.2 Å². The van der Waals surface area contributed by atoms with Crippen molar-refractivity contribution in [2.45, 2.75) is 37.4 Å². The Bertz CT molecular complexity index is 1040. The molecule has 6 atom stereocenters. The molecule has 178 valence electrons. The van der Waals surface area contributed by atoms with E-state index in [-0.39, 0.29) is 5.82 Å². The van der Waals surface area contributed by atoms with Crippen molar-refractivity contribution >= 4 is 29.3 Å². The van der Waals surface area contributed by atoms with Crippen molar-refractivity contribution in [2.75, 3.05) is 12.3 Å². The number of aliphatic hydroxyl groups is 2. The molecule has 1 fully saturated rings. The van der Waals surface area contributed by atoms with Crippen LogP contribution >= 0.6 is 23.5 Å². The largest absolute Gasteiger partial charge is 0.490 e. The van der Waals surface area contributed by atoms with Crippen LogP contribution < -0.4 is 11.4 Å². The van der Waals surface area contributed by atoms with Crippen LogP contribution in [-0.2, 0) is 31.6 Å². The van der Waals surface area contributed by atoms with E-state index in [1.807, 2.05) is 0 Å². The third-order valence-corrected chi connectivity index (χ3v) is 7.83. The lowest BCUT2D eigenvalue weighted by molar-refractivity contribution is -0.120. The number of hydrogen-bond acceptors (Lipinski definition) is 12. The van der Waals surface area contributed by atoms with Crippen LogP contribution in [0.15, 0.2) is 17.1 Å². The minimum atomic E-state index is -5.75. The normalized spacial score (nSPS) is 33.0. The van der Waals surface area contributed by atoms with E-state index in [2.05, 4.69) is 18.1 Å². The van der Waals surface area contributed by atoms with Gasteiger partial charge in [0, 0.05) is 6.20 Å². The highest BCUT2D eigenvalue weighted by Gasteiger charge is 2.60. The molecule has 2 rings (SSSR count). The molecule has 0 bridgehead atoms. The number of anilines is 1. The molecule has 0 saturated carbocycles. The van der Waals surface area contributed by atoms with Gasteiger partial charge in [0.05, 0.1) is 6.61 Å². The SMILES string of the molecule is C[C@]1(O)[C@H](n2ccc(N)nc2=O)O[C@](C)(COP(=O)(O)OP(=O)(O)OP(=O)(O)O)[C@H]1O. The first-order valence-electron chi connectivity index (χ1n) is 7.99. The molecule has 1 aromatic rings. The van der Waals surface area contributed by atoms with Crippen molar-refractivity contribution in [3.63, 3.8) is 0 Å². The molecule has 1 aliphatic heterocycles. The molecule has 2 heterocycles. The van der Waals surface area contributed by atoms with Crippen LogP contribution in [0.5, 0.6) is 0 Å². The number of aliphatic hydroxyl groups excluding tert-OH is 1. The number of nitrogens with zero attached hydrogens (tertiary/aromatic N) is 2. The molecule has 0 spiro atoms. The highest BCUT2D eigenvalue weighted by atomic mass is 31.3. The highest BCUT2D eigenvalue weighted by Crippen LogP contribution is 2.66. The predicted molar refractivity (Wildman–Crippen MR) is 97.9 cm³/mol. The number of nitrogens with two attached hydrogens (primary N) is 1. The van der Waals surface area contributed by atoms with Gasteiger partial charge in [0.2, 0.25) is 0 Å². The van der Waals surface area contributed by atoms with E-state index in [0.29, 0.717) is 0 Å². The van der Waals surface area contributed by atoms with Crippen molar-refractivity contribution in [3.8, 4) is 0 Å². The van der Waals surface area contributed by atoms with Gasteiger partial charge in [0.1, 0.15) is 23.1 Å². The average Bonchev–Trinajstić information content (AvgIpc) is 2.71. The Morgan fingerprint density at radius 1 is 1.19 bits per heavy atom. The number of rotatable bonds is 8. The van der Waals surface area contributed by atoms with Crippen LogP contribution in [0.25, 0.3) is 0 Å². The Morgan fingerprint density at radius 3 is 2.29 bits per heavy atom. The summed E-state index contributed by atoms with van der Waals surface area (Å²) in [5.41, 5.74) is 0.266. The molecule has 0 radical (unpaired) electrons. The summed E-state index contributed by atoms with van der Waals surface area (Å²) in [6, 6.07) is 1.20. The third kappa shape index (κ3) is 6.27. The van der Waals surface area contributed by atoms with Crippen LogP contribution in [0.1, 0.15) is 20.1 Å². The van der Waals surface area contributed by atoms with Gasteiger partial charge in [-0.25, -0.2) is 18.5 Å². The second kappa shape index (κ2) is 8.39. The van der Waals surface area contributed by atoms with E-state index >= 15 is 0 Å². The van der Waals surface area contributed by atoms with Crippen LogP contribution in [0.4, 0.5) is 5.82 Å². The number of aromatic nitrogens is 2. The minimum Gasteiger partial charge on any atom is -0.387 e. The van der Waals surface area contributed by atoms with Crippen LogP contribution in [0.2, 0.25) is 0 Å². The summed E-state index contributed by atoms with van der Waals surface area (Å²) in [6.45, 7) is 1.12. The monoisotopic (exact) mass is 511 g/mol. The predicted octanol–water partition coefficient (Wildman–Crippen LogP) is -1.43. The molecule has 31 heavy (non-hydrogen) atoms. The van der Waals surface area contributed by atoms with Crippen molar-refractivity contribution in [1.82, 2.24) is 9.55 Å². The van der Waals surface area contributed by atoms with E-state index in [0.717, 1.165) is 24.6 Å². The van der Waals surface area contributed by atoms with Crippen LogP contribution in [0.3, 0.4) is 0 Å². The fraction of sp³-hybridized carbons (Fsp3) is 0.636. The van der Waals surface area contributed by atoms with E-state index in [4.69, 9.17) is 25.2 Å². The summed E-state index contributed by atoms with van der Waals surface area (Å²) in [5.74, 6) is -0.130. The first kappa shape index (κ1) is 26.2. The average molecular weight is 511 g/mol. The van der Waals surface area contributed by atoms with Crippen molar-refractivity contribution < 1.29 is 61.4 Å². The maximum absolute atomic E-state index is 12.0. The topological polar surface area (TPSA) is 270 Å². The second-order valence-electron chi connectivity index (χ2n) is 6.82. The Kier molecular flexibility index (Phi) is 7.10. The van der Waals surface area contributed by atoms with Crippen LogP contribution in [-0.4, -0.2) is 63.3 Å². The third-order valence-electron chi connectivity index (χ3n) is 4.05. The lowest BCUT2D eigenvalue weighted by Gasteiger charge is -2.30. The molecule has 0 amide bonds. The number of nitrogen functional groups attached to an aromatic ring is 1. The standard InChI is InChI=1S/C11H20N3O14P3/c1-10(5-25-30(21,22)28-31(23,24)27-29(18,19)20)7(15)11(2,17)8(26-10)14-4-3-6(12)13-9(14)16/h3-4,7-8,15,17H,5H2,1-2H3,(H,21,22)(H,23,24)(H2,12,13,16)(H2,18,19,20)/t7-,8-,10-,11-/m1/s1. The van der Waals surface area contributed by atoms with Gasteiger partial charge in [-0.3, -0.25) is 9.09 Å². The van der Waals surface area contributed by atoms with Crippen molar-refractivity contribution in [3.05, 3.63) is 22.7 Å². The molecular weight excluding hydrogens is 491 g/mol. The molecule has 0 aliphatic carbocycles. The van der Waals surface area contributed by atoms with Crippen molar-refractivity contribution in [2.24, 2.45) is 0 Å². The minimum absolute atomic E-state index is 0.130. The number of phosphoric ester groups is 1. The molecule has 1 aliphatic rings. The molecule has 8 N–H and O–H groups in total. The van der Waals surface area contributed by atoms with Gasteiger partial charge in [-0.2, -0.15) is 13.6 Å². The summed E-state index contributed by atoms with van der Waals surface area (Å²) in [7, 11) is -16.8. The summed E-state index contributed by atoms with van der Waals surface area (Å²) in [6.07, 6.45) is -2.32. The zero-order chi connectivity index (χ0) is 24.0. The summed E-state index contributed by atoms with van der Waals surface area (Å²) < 4.78 is 51.8.